The highest BCUT2D eigenvalue weighted by atomic mass is 19.4. The first kappa shape index (κ1) is 36.5. The molecule has 50 heavy (non-hydrogen) atoms. The molecule has 2 N–H and O–H groups in total. The fourth-order valence-electron chi connectivity index (χ4n) is 6.15. The van der Waals surface area contributed by atoms with E-state index in [1.165, 1.54) is 12.0 Å². The van der Waals surface area contributed by atoms with Crippen LogP contribution in [0.15, 0.2) is 48.7 Å². The van der Waals surface area contributed by atoms with E-state index in [0.717, 1.165) is 0 Å². The van der Waals surface area contributed by atoms with Gasteiger partial charge in [-0.3, -0.25) is 9.69 Å². The van der Waals surface area contributed by atoms with Gasteiger partial charge < -0.3 is 29.5 Å². The summed E-state index contributed by atoms with van der Waals surface area (Å²) in [6.45, 7) is 3.44. The number of hydrogen-bond donors (Lipinski definition) is 2. The van der Waals surface area contributed by atoms with Crippen LogP contribution >= 0.6 is 0 Å². The highest BCUT2D eigenvalue weighted by molar-refractivity contribution is 5.91. The lowest BCUT2D eigenvalue weighted by Crippen LogP contribution is -2.46. The van der Waals surface area contributed by atoms with Crippen molar-refractivity contribution in [3.63, 3.8) is 0 Å². The predicted octanol–water partition coefficient (Wildman–Crippen LogP) is 7.31. The van der Waals surface area contributed by atoms with Gasteiger partial charge in [-0.25, -0.2) is 9.78 Å². The number of fused-ring (bicyclic) bond motifs is 1. The Balaban J connectivity index is 1.56. The number of carboxylic acid groups (broad SMARTS) is 1. The first-order valence-corrected chi connectivity index (χ1v) is 15.9. The molecule has 0 radical (unpaired) electrons. The fourth-order valence-corrected chi connectivity index (χ4v) is 6.15. The number of amides is 1. The van der Waals surface area contributed by atoms with Crippen molar-refractivity contribution in [3.05, 3.63) is 76.5 Å². The Morgan fingerprint density at radius 3 is 2.30 bits per heavy atom. The molecule has 1 fully saturated rings. The molecule has 16 heteroatoms. The van der Waals surface area contributed by atoms with Crippen LogP contribution in [-0.4, -0.2) is 68.2 Å². The molecule has 3 heterocycles. The third kappa shape index (κ3) is 8.52. The number of morpholine rings is 1. The summed E-state index contributed by atoms with van der Waals surface area (Å²) in [6.07, 6.45) is -9.07. The SMILES string of the molecule is CC[C@@H]1C[C@H](Nc2ncc(N3CCOCC3)cc2Cc2cc(C(F)(F)F)cc(C(F)(F)F)c2)c2cc(OC)ccc2N1C(=O)OCCC(=O)O. The Morgan fingerprint density at radius 1 is 1.02 bits per heavy atom. The number of hydrogen-bond acceptors (Lipinski definition) is 8. The summed E-state index contributed by atoms with van der Waals surface area (Å²) < 4.78 is 98.7. The number of ether oxygens (including phenoxy) is 3. The average molecular weight is 711 g/mol. The Kier molecular flexibility index (Phi) is 11.0. The Bertz CT molecular complexity index is 1660. The van der Waals surface area contributed by atoms with Gasteiger partial charge in [-0.2, -0.15) is 26.3 Å². The van der Waals surface area contributed by atoms with Crippen LogP contribution in [0.25, 0.3) is 0 Å². The second kappa shape index (κ2) is 15.0. The minimum absolute atomic E-state index is 0.0979. The van der Waals surface area contributed by atoms with Gasteiger partial charge in [-0.15, -0.1) is 0 Å². The second-order valence-electron chi connectivity index (χ2n) is 11.9. The summed E-state index contributed by atoms with van der Waals surface area (Å²) >= 11 is 0. The standard InChI is InChI=1S/C34H36F6N4O6/c1-3-24-17-28(27-18-26(48-2)4-5-29(27)44(24)32(47)50-9-6-30(45)46)42-31-21(15-25(19-41-31)43-7-10-49-11-8-43)12-20-13-22(33(35,36)37)16-23(14-20)34(38,39)40/h4-5,13-16,18-19,24,28H,3,6-12,17H2,1-2H3,(H,41,42)(H,45,46)/t24-,28+/m1/s1. The number of alkyl halides is 6. The molecule has 0 unspecified atom stereocenters. The maximum Gasteiger partial charge on any atom is 0.416 e. The molecule has 2 aliphatic heterocycles. The van der Waals surface area contributed by atoms with Crippen molar-refractivity contribution in [2.24, 2.45) is 0 Å². The molecular weight excluding hydrogens is 674 g/mol. The molecule has 1 amide bonds. The first-order chi connectivity index (χ1) is 23.7. The summed E-state index contributed by atoms with van der Waals surface area (Å²) in [5.74, 6) is -0.427. The number of pyridine rings is 1. The second-order valence-corrected chi connectivity index (χ2v) is 11.9. The van der Waals surface area contributed by atoms with E-state index in [1.54, 1.807) is 30.5 Å². The zero-order chi connectivity index (χ0) is 36.2. The van der Waals surface area contributed by atoms with E-state index in [2.05, 4.69) is 10.3 Å². The van der Waals surface area contributed by atoms with Crippen LogP contribution in [0.3, 0.4) is 0 Å². The van der Waals surface area contributed by atoms with E-state index in [9.17, 15) is 35.9 Å². The quantitative estimate of drug-likeness (QED) is 0.209. The summed E-state index contributed by atoms with van der Waals surface area (Å²) in [6, 6.07) is 7.28. The highest BCUT2D eigenvalue weighted by Gasteiger charge is 2.39. The van der Waals surface area contributed by atoms with Crippen molar-refractivity contribution < 1.29 is 55.2 Å². The molecule has 10 nitrogen and oxygen atoms in total. The molecule has 3 aromatic rings. The smallest absolute Gasteiger partial charge is 0.416 e. The predicted molar refractivity (Wildman–Crippen MR) is 171 cm³/mol. The Labute approximate surface area is 283 Å². The van der Waals surface area contributed by atoms with E-state index in [1.807, 2.05) is 11.8 Å². The van der Waals surface area contributed by atoms with Gasteiger partial charge in [0, 0.05) is 36.7 Å². The number of carbonyl (C=O) groups is 2. The minimum Gasteiger partial charge on any atom is -0.497 e. The van der Waals surface area contributed by atoms with Gasteiger partial charge in [0.1, 0.15) is 18.2 Å². The number of aliphatic carboxylic acids is 1. The van der Waals surface area contributed by atoms with E-state index in [-0.39, 0.29) is 36.9 Å². The Hall–Kier alpha value is -4.73. The molecule has 0 aliphatic carbocycles. The lowest BCUT2D eigenvalue weighted by atomic mass is 9.89. The number of anilines is 3. The van der Waals surface area contributed by atoms with Gasteiger partial charge in [-0.05, 0) is 60.9 Å². The van der Waals surface area contributed by atoms with E-state index in [0.29, 0.717) is 79.5 Å². The van der Waals surface area contributed by atoms with Crippen LogP contribution in [0.1, 0.15) is 60.0 Å². The largest absolute Gasteiger partial charge is 0.497 e. The monoisotopic (exact) mass is 710 g/mol. The number of rotatable bonds is 10. The third-order valence-electron chi connectivity index (χ3n) is 8.63. The topological polar surface area (TPSA) is 113 Å². The minimum atomic E-state index is -5.01. The number of benzene rings is 2. The first-order valence-electron chi connectivity index (χ1n) is 15.9. The lowest BCUT2D eigenvalue weighted by Gasteiger charge is -2.40. The molecule has 1 aromatic heterocycles. The van der Waals surface area contributed by atoms with Crippen LogP contribution in [0.4, 0.5) is 48.3 Å². The van der Waals surface area contributed by atoms with Gasteiger partial charge in [0.05, 0.1) is 61.5 Å². The molecule has 2 aromatic carbocycles. The normalized spacial score (nSPS) is 18.0. The van der Waals surface area contributed by atoms with Crippen molar-refractivity contribution in [2.75, 3.05) is 55.1 Å². The van der Waals surface area contributed by atoms with Crippen molar-refractivity contribution >= 4 is 29.3 Å². The summed E-state index contributed by atoms with van der Waals surface area (Å²) in [7, 11) is 1.47. The van der Waals surface area contributed by atoms with Crippen LogP contribution in [0, 0.1) is 0 Å². The maximum absolute atomic E-state index is 13.8. The van der Waals surface area contributed by atoms with Crippen molar-refractivity contribution in [2.45, 2.75) is 57.0 Å². The molecule has 2 atom stereocenters. The number of methoxy groups -OCH3 is 1. The van der Waals surface area contributed by atoms with E-state index in [4.69, 9.17) is 19.3 Å². The fraction of sp³-hybridized carbons (Fsp3) is 0.441. The summed E-state index contributed by atoms with van der Waals surface area (Å²) in [4.78, 5) is 32.3. The molecule has 0 saturated carbocycles. The molecule has 5 rings (SSSR count). The molecule has 1 saturated heterocycles. The van der Waals surface area contributed by atoms with Gasteiger partial charge in [0.25, 0.3) is 0 Å². The zero-order valence-corrected chi connectivity index (χ0v) is 27.2. The van der Waals surface area contributed by atoms with Crippen LogP contribution in [0.5, 0.6) is 5.75 Å². The zero-order valence-electron chi connectivity index (χ0n) is 27.2. The maximum atomic E-state index is 13.8. The lowest BCUT2D eigenvalue weighted by molar-refractivity contribution is -0.143. The average Bonchev–Trinajstić information content (AvgIpc) is 3.07. The summed E-state index contributed by atoms with van der Waals surface area (Å²) in [5.41, 5.74) is -0.997. The Morgan fingerprint density at radius 2 is 1.70 bits per heavy atom. The third-order valence-corrected chi connectivity index (χ3v) is 8.63. The van der Waals surface area contributed by atoms with Crippen LogP contribution in [-0.2, 0) is 33.0 Å². The number of nitrogens with one attached hydrogen (secondary N) is 1. The molecule has 0 bridgehead atoms. The van der Waals surface area contributed by atoms with Crippen LogP contribution < -0.4 is 19.9 Å². The van der Waals surface area contributed by atoms with Gasteiger partial charge >= 0.3 is 24.4 Å². The molecule has 270 valence electrons. The number of nitrogens with zero attached hydrogens (tertiary/aromatic N) is 3. The molecule has 0 spiro atoms. The number of halogens is 6. The van der Waals surface area contributed by atoms with Crippen molar-refractivity contribution in [1.82, 2.24) is 4.98 Å². The van der Waals surface area contributed by atoms with E-state index < -0.39 is 47.6 Å². The highest BCUT2D eigenvalue weighted by Crippen LogP contribution is 2.43. The number of carbonyl (C=O) groups excluding carboxylic acids is 1. The number of aromatic nitrogens is 1. The summed E-state index contributed by atoms with van der Waals surface area (Å²) in [5, 5.41) is 12.4. The number of carboxylic acids is 1. The van der Waals surface area contributed by atoms with Gasteiger partial charge in [-0.1, -0.05) is 6.92 Å². The van der Waals surface area contributed by atoms with Crippen molar-refractivity contribution in [3.8, 4) is 5.75 Å². The molecular formula is C34H36F6N4O6. The van der Waals surface area contributed by atoms with Gasteiger partial charge in [0.15, 0.2) is 0 Å². The van der Waals surface area contributed by atoms with Crippen molar-refractivity contribution in [1.29, 1.82) is 0 Å². The molecule has 2 aliphatic rings. The van der Waals surface area contributed by atoms with E-state index >= 15 is 0 Å². The van der Waals surface area contributed by atoms with Gasteiger partial charge in [0.2, 0.25) is 0 Å². The van der Waals surface area contributed by atoms with Crippen LogP contribution in [0.2, 0.25) is 0 Å².